The van der Waals surface area contributed by atoms with Gasteiger partial charge >= 0.3 is 219 Å². The van der Waals surface area contributed by atoms with Gasteiger partial charge in [-0.1, -0.05) is 0 Å². The van der Waals surface area contributed by atoms with Crippen LogP contribution in [0.15, 0.2) is 84.9 Å². The Hall–Kier alpha value is -3.60. The van der Waals surface area contributed by atoms with E-state index in [9.17, 15) is 9.59 Å². The number of hydrogen-bond acceptors (Lipinski definition) is 4. The molecule has 2 aliphatic rings. The Morgan fingerprint density at radius 2 is 1.03 bits per heavy atom. The fourth-order valence-electron chi connectivity index (χ4n) is 6.59. The van der Waals surface area contributed by atoms with Crippen molar-refractivity contribution in [3.05, 3.63) is 107 Å². The van der Waals surface area contributed by atoms with Gasteiger partial charge in [0.1, 0.15) is 0 Å². The van der Waals surface area contributed by atoms with Crippen LogP contribution in [0.3, 0.4) is 0 Å². The molecular formula is C32H28O4Ti. The Balaban J connectivity index is 1.74. The summed E-state index contributed by atoms with van der Waals surface area (Å²) in [4.78, 5) is 26.0. The van der Waals surface area contributed by atoms with E-state index in [2.05, 4.69) is 36.4 Å². The maximum absolute atomic E-state index is 13.0. The third-order valence-corrected chi connectivity index (χ3v) is 16.4. The van der Waals surface area contributed by atoms with Gasteiger partial charge in [-0.25, -0.2) is 0 Å². The van der Waals surface area contributed by atoms with Crippen molar-refractivity contribution in [3.63, 3.8) is 0 Å². The fraction of sp³-hybridized carbons (Fsp3) is 0.156. The molecule has 0 bridgehead atoms. The Morgan fingerprint density at radius 3 is 1.43 bits per heavy atom. The van der Waals surface area contributed by atoms with Crippen LogP contribution in [0, 0.1) is 0 Å². The third-order valence-electron chi connectivity index (χ3n) is 7.94. The number of rotatable bonds is 4. The molecule has 0 heterocycles. The minimum atomic E-state index is -5.44. The van der Waals surface area contributed by atoms with Crippen LogP contribution in [0.4, 0.5) is 0 Å². The summed E-state index contributed by atoms with van der Waals surface area (Å²) < 4.78 is 16.7. The van der Waals surface area contributed by atoms with Crippen molar-refractivity contribution >= 4 is 24.0 Å². The molecule has 6 rings (SSSR count). The van der Waals surface area contributed by atoms with Gasteiger partial charge in [-0.2, -0.15) is 0 Å². The van der Waals surface area contributed by atoms with Crippen LogP contribution >= 0.6 is 0 Å². The quantitative estimate of drug-likeness (QED) is 0.296. The second-order valence-corrected chi connectivity index (χ2v) is 16.7. The monoisotopic (exact) mass is 524 g/mol. The van der Waals surface area contributed by atoms with Crippen LogP contribution in [0.25, 0.3) is 22.3 Å². The predicted octanol–water partition coefficient (Wildman–Crippen LogP) is 5.25. The number of fused-ring (bicyclic) bond motifs is 6. The van der Waals surface area contributed by atoms with Gasteiger partial charge in [0, 0.05) is 0 Å². The molecule has 2 aliphatic carbocycles. The van der Waals surface area contributed by atoms with Crippen LogP contribution < -0.4 is 7.74 Å². The van der Waals surface area contributed by atoms with Crippen molar-refractivity contribution in [3.8, 4) is 22.3 Å². The first kappa shape index (κ1) is 23.8. The van der Waals surface area contributed by atoms with E-state index in [0.717, 1.165) is 30.0 Å². The molecular weight excluding hydrogens is 496 g/mol. The van der Waals surface area contributed by atoms with Gasteiger partial charge in [0.05, 0.1) is 0 Å². The van der Waals surface area contributed by atoms with Gasteiger partial charge in [-0.05, 0) is 0 Å². The van der Waals surface area contributed by atoms with E-state index in [1.807, 2.05) is 59.8 Å². The van der Waals surface area contributed by atoms with Crippen LogP contribution in [-0.2, 0) is 44.7 Å². The van der Waals surface area contributed by atoms with Crippen LogP contribution in [0.2, 0.25) is 0 Å². The van der Waals surface area contributed by atoms with Gasteiger partial charge < -0.3 is 0 Å². The Bertz CT molecular complexity index is 1570. The molecule has 0 atom stereocenters. The molecule has 0 radical (unpaired) electrons. The zero-order valence-corrected chi connectivity index (χ0v) is 22.8. The van der Waals surface area contributed by atoms with E-state index < -0.39 is 27.6 Å². The summed E-state index contributed by atoms with van der Waals surface area (Å²) in [7, 11) is 0. The Morgan fingerprint density at radius 1 is 0.622 bits per heavy atom. The summed E-state index contributed by atoms with van der Waals surface area (Å²) >= 11 is -5.44. The molecule has 0 N–H and O–H groups in total. The summed E-state index contributed by atoms with van der Waals surface area (Å²) in [6.07, 6.45) is 1.37. The second-order valence-electron chi connectivity index (χ2n) is 9.95. The van der Waals surface area contributed by atoms with Gasteiger partial charge in [0.15, 0.2) is 0 Å². The Labute approximate surface area is 218 Å². The third kappa shape index (κ3) is 3.36. The summed E-state index contributed by atoms with van der Waals surface area (Å²) in [5, 5.41) is 0. The molecule has 0 aromatic heterocycles. The summed E-state index contributed by atoms with van der Waals surface area (Å²) in [6.45, 7) is 4.70. The predicted molar refractivity (Wildman–Crippen MR) is 144 cm³/mol. The normalized spacial score (nSPS) is 13.2. The zero-order chi connectivity index (χ0) is 25.8. The molecule has 0 spiro atoms. The van der Waals surface area contributed by atoms with Crippen molar-refractivity contribution in [2.45, 2.75) is 33.6 Å². The average molecular weight is 524 g/mol. The Kier molecular flexibility index (Phi) is 5.45. The molecule has 184 valence electrons. The van der Waals surface area contributed by atoms with E-state index in [-0.39, 0.29) is 0 Å². The molecule has 0 fully saturated rings. The molecule has 37 heavy (non-hydrogen) atoms. The van der Waals surface area contributed by atoms with E-state index in [1.54, 1.807) is 0 Å². The van der Waals surface area contributed by atoms with Crippen molar-refractivity contribution in [2.24, 2.45) is 0 Å². The van der Waals surface area contributed by atoms with Crippen molar-refractivity contribution < 1.29 is 31.8 Å². The first-order chi connectivity index (χ1) is 17.9. The molecule has 0 unspecified atom stereocenters. The van der Waals surface area contributed by atoms with Gasteiger partial charge in [0.25, 0.3) is 0 Å². The van der Waals surface area contributed by atoms with Crippen molar-refractivity contribution in [1.82, 2.24) is 0 Å². The topological polar surface area (TPSA) is 52.6 Å². The molecule has 0 saturated heterocycles. The van der Waals surface area contributed by atoms with Gasteiger partial charge in [0.2, 0.25) is 0 Å². The number of benzene rings is 4. The van der Waals surface area contributed by atoms with Crippen LogP contribution in [0.1, 0.15) is 43.0 Å². The first-order valence-electron chi connectivity index (χ1n) is 12.6. The van der Waals surface area contributed by atoms with E-state index in [0.29, 0.717) is 12.8 Å². The van der Waals surface area contributed by atoms with E-state index >= 15 is 0 Å². The van der Waals surface area contributed by atoms with Crippen molar-refractivity contribution in [2.75, 3.05) is 0 Å². The fourth-order valence-corrected chi connectivity index (χ4v) is 14.7. The molecule has 4 aromatic carbocycles. The molecule has 0 amide bonds. The van der Waals surface area contributed by atoms with E-state index in [1.165, 1.54) is 36.1 Å². The van der Waals surface area contributed by atoms with Gasteiger partial charge in [-0.3, -0.25) is 0 Å². The number of carbonyl (C=O) groups excluding carboxylic acids is 2. The zero-order valence-electron chi connectivity index (χ0n) is 21.2. The summed E-state index contributed by atoms with van der Waals surface area (Å²) in [5.41, 5.74) is 9.08. The summed E-state index contributed by atoms with van der Waals surface area (Å²) in [5.74, 6) is -0.921. The molecule has 4 aromatic rings. The molecule has 0 aliphatic heterocycles. The minimum absolute atomic E-state index is 0.461. The van der Waals surface area contributed by atoms with E-state index in [4.69, 9.17) is 6.64 Å². The van der Waals surface area contributed by atoms with Crippen LogP contribution in [0.5, 0.6) is 0 Å². The molecule has 5 heteroatoms. The SMILES string of the molecule is C[CH]=[Ti]([O]C(C)=O)([O]C(C)=O)([c]1cccc2c1Cc1ccccc1-2)[c]1cccc2c1Cc1ccccc1-2. The standard InChI is InChI=1S/2C13H9.2C2H4O2.C2H4.Ti/c2*1-3-7-12-10(5-1)9-11-6-2-4-8-13(11)12;2*1-2(3)4;1-2;/h2*1-5,7-8H,9H2;2*1H3,(H,3,4);1H,2H3;/q;;;;;+2/p-2. The van der Waals surface area contributed by atoms with Gasteiger partial charge in [-0.15, -0.1) is 0 Å². The molecule has 0 saturated carbocycles. The number of hydrogen-bond donors (Lipinski definition) is 0. The second kappa shape index (κ2) is 8.48. The summed E-state index contributed by atoms with van der Waals surface area (Å²) in [6, 6.07) is 28.9. The maximum atomic E-state index is 13.0. The number of carbonyl (C=O) groups is 2. The first-order valence-corrected chi connectivity index (χ1v) is 16.4. The average Bonchev–Trinajstić information content (AvgIpc) is 3.46. The molecule has 4 nitrogen and oxygen atoms in total. The van der Waals surface area contributed by atoms with Crippen LogP contribution in [-0.4, -0.2) is 16.3 Å². The van der Waals surface area contributed by atoms with Crippen molar-refractivity contribution in [1.29, 1.82) is 0 Å².